The van der Waals surface area contributed by atoms with Crippen LogP contribution in [0.3, 0.4) is 0 Å². The molecule has 1 fully saturated rings. The number of rotatable bonds is 2. The number of halogens is 1. The molecule has 0 aliphatic carbocycles. The summed E-state index contributed by atoms with van der Waals surface area (Å²) in [5.41, 5.74) is -0.0861. The van der Waals surface area contributed by atoms with Gasteiger partial charge in [-0.3, -0.25) is 9.59 Å². The maximum atomic E-state index is 13.5. The van der Waals surface area contributed by atoms with Gasteiger partial charge in [0.1, 0.15) is 5.82 Å². The summed E-state index contributed by atoms with van der Waals surface area (Å²) in [5.74, 6) is -0.521. The Morgan fingerprint density at radius 2 is 2.06 bits per heavy atom. The molecule has 0 spiro atoms. The van der Waals surface area contributed by atoms with Crippen LogP contribution in [0.15, 0.2) is 24.3 Å². The van der Waals surface area contributed by atoms with E-state index in [0.29, 0.717) is 12.0 Å². The number of carbonyl (C=O) groups excluding carboxylic acids is 2. The zero-order valence-electron chi connectivity index (χ0n) is 10.6. The molecule has 0 N–H and O–H groups in total. The predicted molar refractivity (Wildman–Crippen MR) is 65.5 cm³/mol. The second kappa shape index (κ2) is 4.52. The molecule has 2 rings (SSSR count). The van der Waals surface area contributed by atoms with Gasteiger partial charge in [0, 0.05) is 12.0 Å². The minimum atomic E-state index is -0.459. The molecule has 3 nitrogen and oxygen atoms in total. The van der Waals surface area contributed by atoms with Crippen molar-refractivity contribution in [3.63, 3.8) is 0 Å². The van der Waals surface area contributed by atoms with E-state index in [9.17, 15) is 14.0 Å². The van der Waals surface area contributed by atoms with E-state index < -0.39 is 5.54 Å². The van der Waals surface area contributed by atoms with E-state index in [4.69, 9.17) is 0 Å². The summed E-state index contributed by atoms with van der Waals surface area (Å²) >= 11 is 0. The van der Waals surface area contributed by atoms with Crippen molar-refractivity contribution in [3.05, 3.63) is 35.6 Å². The number of nitrogens with zero attached hydrogens (tertiary/aromatic N) is 1. The summed E-state index contributed by atoms with van der Waals surface area (Å²) in [5, 5.41) is 0. The molecule has 0 saturated carbocycles. The zero-order valence-corrected chi connectivity index (χ0v) is 10.6. The van der Waals surface area contributed by atoms with Crippen LogP contribution < -0.4 is 0 Å². The fourth-order valence-corrected chi connectivity index (χ4v) is 2.35. The Kier molecular flexibility index (Phi) is 3.20. The number of hydrogen-bond donors (Lipinski definition) is 0. The van der Waals surface area contributed by atoms with E-state index in [-0.39, 0.29) is 30.5 Å². The number of likely N-dealkylation sites (tertiary alicyclic amines) is 1. The van der Waals surface area contributed by atoms with Crippen LogP contribution in [0.4, 0.5) is 4.39 Å². The minimum absolute atomic E-state index is 0.00336. The third-order valence-corrected chi connectivity index (χ3v) is 3.30. The first-order valence-electron chi connectivity index (χ1n) is 5.96. The lowest BCUT2D eigenvalue weighted by Crippen LogP contribution is -2.43. The Balaban J connectivity index is 2.14. The van der Waals surface area contributed by atoms with Gasteiger partial charge in [-0.25, -0.2) is 4.39 Å². The van der Waals surface area contributed by atoms with Gasteiger partial charge in [-0.05, 0) is 25.5 Å². The molecule has 1 aromatic carbocycles. The van der Waals surface area contributed by atoms with Crippen LogP contribution in [-0.4, -0.2) is 28.7 Å². The fraction of sp³-hybridized carbons (Fsp3) is 0.429. The molecule has 1 aromatic rings. The highest BCUT2D eigenvalue weighted by atomic mass is 19.1. The molecular formula is C14H16FNO2. The lowest BCUT2D eigenvalue weighted by atomic mass is 10.0. The van der Waals surface area contributed by atoms with E-state index >= 15 is 0 Å². The van der Waals surface area contributed by atoms with Crippen LogP contribution in [0.25, 0.3) is 0 Å². The van der Waals surface area contributed by atoms with E-state index in [1.807, 2.05) is 13.8 Å². The number of benzene rings is 1. The molecule has 1 aliphatic heterocycles. The molecule has 0 radical (unpaired) electrons. The normalized spacial score (nSPS) is 18.2. The van der Waals surface area contributed by atoms with Gasteiger partial charge >= 0.3 is 0 Å². The summed E-state index contributed by atoms with van der Waals surface area (Å²) in [6.07, 6.45) is 0.374. The third-order valence-electron chi connectivity index (χ3n) is 3.30. The summed E-state index contributed by atoms with van der Waals surface area (Å²) in [7, 11) is 0. The number of Topliss-reactive ketones (excluding diaryl/α,β-unsaturated/α-hetero) is 1. The molecule has 1 aliphatic rings. The van der Waals surface area contributed by atoms with E-state index in [1.54, 1.807) is 23.1 Å². The second-order valence-corrected chi connectivity index (χ2v) is 5.28. The summed E-state index contributed by atoms with van der Waals surface area (Å²) in [6, 6.07) is 6.22. The van der Waals surface area contributed by atoms with Crippen molar-refractivity contribution in [2.24, 2.45) is 0 Å². The van der Waals surface area contributed by atoms with Crippen LogP contribution >= 0.6 is 0 Å². The second-order valence-electron chi connectivity index (χ2n) is 5.28. The maximum absolute atomic E-state index is 13.5. The lowest BCUT2D eigenvalue weighted by Gasteiger charge is -2.30. The van der Waals surface area contributed by atoms with Gasteiger partial charge in [0.2, 0.25) is 5.91 Å². The summed E-state index contributed by atoms with van der Waals surface area (Å²) in [6.45, 7) is 3.86. The van der Waals surface area contributed by atoms with Crippen molar-refractivity contribution >= 4 is 11.7 Å². The SMILES string of the molecule is CC1(C)CC(=O)CN1C(=O)Cc1ccccc1F. The lowest BCUT2D eigenvalue weighted by molar-refractivity contribution is -0.134. The number of carbonyl (C=O) groups is 2. The largest absolute Gasteiger partial charge is 0.330 e. The number of amides is 1. The number of hydrogen-bond acceptors (Lipinski definition) is 2. The fourth-order valence-electron chi connectivity index (χ4n) is 2.35. The average molecular weight is 249 g/mol. The molecule has 96 valence electrons. The highest BCUT2D eigenvalue weighted by Gasteiger charge is 2.40. The van der Waals surface area contributed by atoms with Gasteiger partial charge in [-0.15, -0.1) is 0 Å². The quantitative estimate of drug-likeness (QED) is 0.803. The minimum Gasteiger partial charge on any atom is -0.330 e. The van der Waals surface area contributed by atoms with Crippen LogP contribution in [0, 0.1) is 5.82 Å². The van der Waals surface area contributed by atoms with Gasteiger partial charge in [0.25, 0.3) is 0 Å². The zero-order chi connectivity index (χ0) is 13.3. The molecule has 1 saturated heterocycles. The van der Waals surface area contributed by atoms with Gasteiger partial charge < -0.3 is 4.90 Å². The molecule has 4 heteroatoms. The summed E-state index contributed by atoms with van der Waals surface area (Å²) in [4.78, 5) is 25.1. The molecule has 0 aromatic heterocycles. The Bertz CT molecular complexity index is 496. The topological polar surface area (TPSA) is 37.4 Å². The van der Waals surface area contributed by atoms with Crippen LogP contribution in [0.1, 0.15) is 25.8 Å². The molecule has 18 heavy (non-hydrogen) atoms. The molecule has 0 atom stereocenters. The summed E-state index contributed by atoms with van der Waals surface area (Å²) < 4.78 is 13.5. The average Bonchev–Trinajstić information content (AvgIpc) is 2.55. The maximum Gasteiger partial charge on any atom is 0.227 e. The first kappa shape index (κ1) is 12.7. The van der Waals surface area contributed by atoms with Crippen molar-refractivity contribution in [1.82, 2.24) is 4.90 Å². The van der Waals surface area contributed by atoms with Crippen molar-refractivity contribution in [2.75, 3.05) is 6.54 Å². The van der Waals surface area contributed by atoms with Gasteiger partial charge in [0.15, 0.2) is 5.78 Å². The highest BCUT2D eigenvalue weighted by molar-refractivity contribution is 5.91. The Morgan fingerprint density at radius 3 is 2.61 bits per heavy atom. The highest BCUT2D eigenvalue weighted by Crippen LogP contribution is 2.27. The van der Waals surface area contributed by atoms with Crippen molar-refractivity contribution in [3.8, 4) is 0 Å². The molecule has 1 amide bonds. The predicted octanol–water partition coefficient (Wildman–Crippen LogP) is 1.95. The van der Waals surface area contributed by atoms with Crippen LogP contribution in [0.5, 0.6) is 0 Å². The third kappa shape index (κ3) is 2.42. The van der Waals surface area contributed by atoms with Crippen molar-refractivity contribution in [2.45, 2.75) is 32.2 Å². The van der Waals surface area contributed by atoms with Crippen molar-refractivity contribution in [1.29, 1.82) is 0 Å². The first-order chi connectivity index (χ1) is 8.40. The van der Waals surface area contributed by atoms with Gasteiger partial charge in [-0.1, -0.05) is 18.2 Å². The molecular weight excluding hydrogens is 233 g/mol. The molecule has 0 unspecified atom stereocenters. The van der Waals surface area contributed by atoms with Crippen LogP contribution in [-0.2, 0) is 16.0 Å². The van der Waals surface area contributed by atoms with Crippen LogP contribution in [0.2, 0.25) is 0 Å². The Morgan fingerprint density at radius 1 is 1.39 bits per heavy atom. The Hall–Kier alpha value is -1.71. The van der Waals surface area contributed by atoms with E-state index in [0.717, 1.165) is 0 Å². The van der Waals surface area contributed by atoms with Crippen molar-refractivity contribution < 1.29 is 14.0 Å². The standard InChI is InChI=1S/C14H16FNO2/c1-14(2)8-11(17)9-16(14)13(18)7-10-5-3-4-6-12(10)15/h3-6H,7-9H2,1-2H3. The Labute approximate surface area is 106 Å². The smallest absolute Gasteiger partial charge is 0.227 e. The molecule has 0 bridgehead atoms. The van der Waals surface area contributed by atoms with Gasteiger partial charge in [-0.2, -0.15) is 0 Å². The van der Waals surface area contributed by atoms with Gasteiger partial charge in [0.05, 0.1) is 13.0 Å². The monoisotopic (exact) mass is 249 g/mol. The number of ketones is 1. The van der Waals surface area contributed by atoms with E-state index in [2.05, 4.69) is 0 Å². The first-order valence-corrected chi connectivity index (χ1v) is 5.96. The molecule has 1 heterocycles. The van der Waals surface area contributed by atoms with E-state index in [1.165, 1.54) is 6.07 Å².